The highest BCUT2D eigenvalue weighted by Gasteiger charge is 2.36. The molecule has 1 N–H and O–H groups in total. The molecule has 0 unspecified atom stereocenters. The summed E-state index contributed by atoms with van der Waals surface area (Å²) in [5.74, 6) is 1.40. The topological polar surface area (TPSA) is 65.0 Å². The van der Waals surface area contributed by atoms with Crippen LogP contribution in [0.15, 0.2) is 18.2 Å². The summed E-state index contributed by atoms with van der Waals surface area (Å²) < 4.78 is 15.8. The molecular weight excluding hydrogens is 272 g/mol. The average Bonchev–Trinajstić information content (AvgIpc) is 2.46. The molecule has 0 aromatic heterocycles. The minimum atomic E-state index is -1.20. The Bertz CT molecular complexity index is 469. The Morgan fingerprint density at radius 3 is 2.14 bits per heavy atom. The first-order chi connectivity index (χ1) is 10.1. The van der Waals surface area contributed by atoms with E-state index in [2.05, 4.69) is 0 Å². The summed E-state index contributed by atoms with van der Waals surface area (Å²) >= 11 is 0. The maximum absolute atomic E-state index is 11.0. The van der Waals surface area contributed by atoms with Gasteiger partial charge in [0.25, 0.3) is 0 Å². The smallest absolute Gasteiger partial charge is 0.497 e. The van der Waals surface area contributed by atoms with Crippen LogP contribution in [0.4, 0.5) is 4.79 Å². The molecule has 1 aliphatic rings. The van der Waals surface area contributed by atoms with Gasteiger partial charge in [0.15, 0.2) is 0 Å². The quantitative estimate of drug-likeness (QED) is 0.840. The normalized spacial score (nSPS) is 17.0. The summed E-state index contributed by atoms with van der Waals surface area (Å²) in [4.78, 5) is 11.0. The highest BCUT2D eigenvalue weighted by molar-refractivity contribution is 5.57. The third kappa shape index (κ3) is 4.03. The molecule has 0 atom stereocenters. The molecule has 1 aliphatic carbocycles. The highest BCUT2D eigenvalue weighted by Crippen LogP contribution is 2.36. The van der Waals surface area contributed by atoms with Gasteiger partial charge >= 0.3 is 6.16 Å². The molecule has 5 heteroatoms. The van der Waals surface area contributed by atoms with Crippen molar-refractivity contribution >= 4 is 6.16 Å². The number of hydrogen-bond donors (Lipinski definition) is 1. The summed E-state index contributed by atoms with van der Waals surface area (Å²) in [6, 6.07) is 5.61. The van der Waals surface area contributed by atoms with Crippen molar-refractivity contribution in [1.29, 1.82) is 0 Å². The van der Waals surface area contributed by atoms with Crippen LogP contribution in [0.2, 0.25) is 0 Å². The zero-order valence-electron chi connectivity index (χ0n) is 12.6. The van der Waals surface area contributed by atoms with Crippen LogP contribution < -0.4 is 9.47 Å². The van der Waals surface area contributed by atoms with Crippen molar-refractivity contribution in [3.63, 3.8) is 0 Å². The van der Waals surface area contributed by atoms with Crippen LogP contribution in [0.3, 0.4) is 0 Å². The predicted octanol–water partition coefficient (Wildman–Crippen LogP) is 3.64. The number of benzene rings is 1. The molecule has 0 amide bonds. The molecule has 0 spiro atoms. The Labute approximate surface area is 124 Å². The summed E-state index contributed by atoms with van der Waals surface area (Å²) in [6.07, 6.45) is 3.99. The molecule has 1 saturated carbocycles. The van der Waals surface area contributed by atoms with Crippen LogP contribution in [0.25, 0.3) is 0 Å². The second-order valence-electron chi connectivity index (χ2n) is 5.51. The van der Waals surface area contributed by atoms with Gasteiger partial charge < -0.3 is 19.3 Å². The molecule has 116 valence electrons. The Kier molecular flexibility index (Phi) is 4.94. The fourth-order valence-electron chi connectivity index (χ4n) is 3.04. The van der Waals surface area contributed by atoms with E-state index in [0.717, 1.165) is 37.7 Å². The Balaban J connectivity index is 2.25. The van der Waals surface area contributed by atoms with E-state index >= 15 is 0 Å². The molecule has 0 bridgehead atoms. The number of carboxylic acid groups (broad SMARTS) is 1. The van der Waals surface area contributed by atoms with E-state index in [1.54, 1.807) is 20.3 Å². The zero-order valence-corrected chi connectivity index (χ0v) is 12.6. The molecule has 0 heterocycles. The minimum absolute atomic E-state index is 0.548. The maximum Gasteiger partial charge on any atom is 0.506 e. The van der Waals surface area contributed by atoms with Crippen LogP contribution >= 0.6 is 0 Å². The van der Waals surface area contributed by atoms with E-state index in [-0.39, 0.29) is 0 Å². The van der Waals surface area contributed by atoms with Gasteiger partial charge in [0.1, 0.15) is 17.1 Å². The van der Waals surface area contributed by atoms with Crippen LogP contribution in [0, 0.1) is 0 Å². The van der Waals surface area contributed by atoms with Gasteiger partial charge in [-0.1, -0.05) is 6.42 Å². The molecule has 2 rings (SSSR count). The summed E-state index contributed by atoms with van der Waals surface area (Å²) in [5.41, 5.74) is 0.343. The molecule has 0 radical (unpaired) electrons. The summed E-state index contributed by atoms with van der Waals surface area (Å²) in [6.45, 7) is 0. The molecule has 21 heavy (non-hydrogen) atoms. The van der Waals surface area contributed by atoms with Crippen molar-refractivity contribution in [2.45, 2.75) is 44.1 Å². The van der Waals surface area contributed by atoms with Crippen molar-refractivity contribution in [1.82, 2.24) is 0 Å². The van der Waals surface area contributed by atoms with Crippen LogP contribution in [-0.4, -0.2) is 31.1 Å². The first-order valence-corrected chi connectivity index (χ1v) is 7.21. The van der Waals surface area contributed by atoms with Crippen molar-refractivity contribution in [3.05, 3.63) is 23.8 Å². The van der Waals surface area contributed by atoms with E-state index in [0.29, 0.717) is 17.9 Å². The average molecular weight is 294 g/mol. The lowest BCUT2D eigenvalue weighted by molar-refractivity contribution is -0.0412. The van der Waals surface area contributed by atoms with Gasteiger partial charge in [0.2, 0.25) is 0 Å². The van der Waals surface area contributed by atoms with Crippen LogP contribution in [0.5, 0.6) is 11.5 Å². The Morgan fingerprint density at radius 2 is 1.67 bits per heavy atom. The number of hydrogen-bond acceptors (Lipinski definition) is 4. The van der Waals surface area contributed by atoms with Gasteiger partial charge in [-0.05, 0) is 43.4 Å². The SMILES string of the molecule is COc1cc(CC2(OC(=O)O)CCCCC2)cc(OC)c1. The van der Waals surface area contributed by atoms with E-state index in [1.165, 1.54) is 0 Å². The minimum Gasteiger partial charge on any atom is -0.497 e. The Morgan fingerprint density at radius 1 is 1.10 bits per heavy atom. The van der Waals surface area contributed by atoms with Gasteiger partial charge in [-0.2, -0.15) is 0 Å². The van der Waals surface area contributed by atoms with Gasteiger partial charge in [-0.3, -0.25) is 0 Å². The molecule has 0 saturated heterocycles. The van der Waals surface area contributed by atoms with E-state index in [9.17, 15) is 4.79 Å². The zero-order chi connectivity index (χ0) is 15.3. The van der Waals surface area contributed by atoms with Crippen molar-refractivity contribution in [3.8, 4) is 11.5 Å². The lowest BCUT2D eigenvalue weighted by Crippen LogP contribution is -2.39. The largest absolute Gasteiger partial charge is 0.506 e. The van der Waals surface area contributed by atoms with Gasteiger partial charge in [-0.25, -0.2) is 4.79 Å². The van der Waals surface area contributed by atoms with Crippen molar-refractivity contribution in [2.24, 2.45) is 0 Å². The van der Waals surface area contributed by atoms with E-state index < -0.39 is 11.8 Å². The summed E-state index contributed by atoms with van der Waals surface area (Å²) in [7, 11) is 3.20. The van der Waals surface area contributed by atoms with Crippen molar-refractivity contribution in [2.75, 3.05) is 14.2 Å². The Hall–Kier alpha value is -1.91. The maximum atomic E-state index is 11.0. The van der Waals surface area contributed by atoms with E-state index in [1.807, 2.05) is 12.1 Å². The molecule has 1 aromatic carbocycles. The second-order valence-corrected chi connectivity index (χ2v) is 5.51. The first-order valence-electron chi connectivity index (χ1n) is 7.21. The molecule has 1 aromatic rings. The third-order valence-electron chi connectivity index (χ3n) is 4.01. The monoisotopic (exact) mass is 294 g/mol. The van der Waals surface area contributed by atoms with Crippen molar-refractivity contribution < 1.29 is 24.1 Å². The molecule has 5 nitrogen and oxygen atoms in total. The van der Waals surface area contributed by atoms with Crippen LogP contribution in [0.1, 0.15) is 37.7 Å². The number of carbonyl (C=O) groups is 1. The molecule has 1 fully saturated rings. The lowest BCUT2D eigenvalue weighted by atomic mass is 9.80. The summed E-state index contributed by atoms with van der Waals surface area (Å²) in [5, 5.41) is 9.04. The number of rotatable bonds is 5. The molecule has 0 aliphatic heterocycles. The van der Waals surface area contributed by atoms with Crippen LogP contribution in [-0.2, 0) is 11.2 Å². The van der Waals surface area contributed by atoms with Gasteiger partial charge in [0.05, 0.1) is 14.2 Å². The predicted molar refractivity (Wildman–Crippen MR) is 78.2 cm³/mol. The second kappa shape index (κ2) is 6.70. The molecular formula is C16H22O5. The standard InChI is InChI=1S/C16H22O5/c1-19-13-8-12(9-14(10-13)20-2)11-16(21-15(17)18)6-4-3-5-7-16/h8-10H,3-7,11H2,1-2H3,(H,17,18). The number of ether oxygens (including phenoxy) is 3. The lowest BCUT2D eigenvalue weighted by Gasteiger charge is -2.36. The highest BCUT2D eigenvalue weighted by atomic mass is 16.7. The fourth-order valence-corrected chi connectivity index (χ4v) is 3.04. The van der Waals surface area contributed by atoms with Gasteiger partial charge in [0, 0.05) is 12.5 Å². The third-order valence-corrected chi connectivity index (χ3v) is 4.01. The van der Waals surface area contributed by atoms with E-state index in [4.69, 9.17) is 19.3 Å². The van der Waals surface area contributed by atoms with Gasteiger partial charge in [-0.15, -0.1) is 0 Å². The fraction of sp³-hybridized carbons (Fsp3) is 0.562. The first kappa shape index (κ1) is 15.5. The number of methoxy groups -OCH3 is 2.